The molecule has 0 saturated carbocycles. The van der Waals surface area contributed by atoms with E-state index in [0.29, 0.717) is 5.75 Å². The fourth-order valence-electron chi connectivity index (χ4n) is 0.165. The third-order valence-corrected chi connectivity index (χ3v) is 1.09. The van der Waals surface area contributed by atoms with Crippen LogP contribution in [0.3, 0.4) is 0 Å². The second kappa shape index (κ2) is 4.71. The third kappa shape index (κ3) is 5.56. The maximum Gasteiger partial charge on any atom is 0.314 e. The minimum absolute atomic E-state index is 0.267. The Hall–Kier alpha value is -0.440. The molecule has 0 heterocycles. The fourth-order valence-corrected chi connectivity index (χ4v) is 0.495. The first kappa shape index (κ1) is 7.56. The van der Waals surface area contributed by atoms with Crippen molar-refractivity contribution in [2.45, 2.75) is 6.92 Å². The molecular weight excluding hydrogens is 124 g/mol. The van der Waals surface area contributed by atoms with E-state index in [4.69, 9.17) is 0 Å². The van der Waals surface area contributed by atoms with Crippen LogP contribution in [-0.2, 0) is 8.98 Å². The standard InChI is InChI=1S/C5H8O2S/c1-3-4-8-7-5(2)6/h3H,1,4H2,2H3. The van der Waals surface area contributed by atoms with Crippen LogP contribution in [0.1, 0.15) is 6.92 Å². The van der Waals surface area contributed by atoms with Crippen LogP contribution in [0.25, 0.3) is 0 Å². The average molecular weight is 132 g/mol. The van der Waals surface area contributed by atoms with E-state index in [-0.39, 0.29) is 5.97 Å². The van der Waals surface area contributed by atoms with Crippen molar-refractivity contribution >= 4 is 18.0 Å². The lowest BCUT2D eigenvalue weighted by molar-refractivity contribution is -0.130. The summed E-state index contributed by atoms with van der Waals surface area (Å²) in [6, 6.07) is 0. The van der Waals surface area contributed by atoms with E-state index in [1.54, 1.807) is 6.08 Å². The van der Waals surface area contributed by atoms with Crippen molar-refractivity contribution in [1.29, 1.82) is 0 Å². The first-order valence-electron chi connectivity index (χ1n) is 2.18. The number of carbonyl (C=O) groups is 1. The predicted molar refractivity (Wildman–Crippen MR) is 34.4 cm³/mol. The van der Waals surface area contributed by atoms with Crippen molar-refractivity contribution < 1.29 is 8.98 Å². The van der Waals surface area contributed by atoms with Gasteiger partial charge >= 0.3 is 5.97 Å². The molecule has 0 aliphatic carbocycles. The van der Waals surface area contributed by atoms with Crippen LogP contribution in [0.15, 0.2) is 12.7 Å². The smallest absolute Gasteiger partial charge is 0.314 e. The van der Waals surface area contributed by atoms with E-state index >= 15 is 0 Å². The molecule has 0 spiro atoms. The van der Waals surface area contributed by atoms with Crippen LogP contribution < -0.4 is 0 Å². The SMILES string of the molecule is C=CCSOC(C)=O. The summed E-state index contributed by atoms with van der Waals surface area (Å²) >= 11 is 1.09. The Morgan fingerprint density at radius 1 is 2.00 bits per heavy atom. The Labute approximate surface area is 53.1 Å². The molecular formula is C5H8O2S. The first-order valence-corrected chi connectivity index (χ1v) is 3.09. The van der Waals surface area contributed by atoms with Crippen molar-refractivity contribution in [3.63, 3.8) is 0 Å². The summed E-state index contributed by atoms with van der Waals surface area (Å²) in [5.41, 5.74) is 0. The number of hydrogen-bond donors (Lipinski definition) is 0. The molecule has 46 valence electrons. The summed E-state index contributed by atoms with van der Waals surface area (Å²) in [5, 5.41) is 0. The van der Waals surface area contributed by atoms with E-state index in [1.165, 1.54) is 6.92 Å². The second-order valence-electron chi connectivity index (χ2n) is 1.15. The van der Waals surface area contributed by atoms with Gasteiger partial charge < -0.3 is 4.18 Å². The maximum atomic E-state index is 10.0. The molecule has 0 aromatic rings. The number of carbonyl (C=O) groups excluding carboxylic acids is 1. The van der Waals surface area contributed by atoms with Crippen LogP contribution in [-0.4, -0.2) is 11.7 Å². The monoisotopic (exact) mass is 132 g/mol. The lowest BCUT2D eigenvalue weighted by Gasteiger charge is -1.91. The van der Waals surface area contributed by atoms with Gasteiger partial charge in [-0.15, -0.1) is 6.58 Å². The topological polar surface area (TPSA) is 26.3 Å². The van der Waals surface area contributed by atoms with Gasteiger partial charge in [-0.3, -0.25) is 4.79 Å². The van der Waals surface area contributed by atoms with Crippen molar-refractivity contribution in [3.8, 4) is 0 Å². The average Bonchev–Trinajstić information content (AvgIpc) is 1.66. The van der Waals surface area contributed by atoms with Crippen molar-refractivity contribution in [1.82, 2.24) is 0 Å². The molecule has 0 rings (SSSR count). The Morgan fingerprint density at radius 2 is 2.62 bits per heavy atom. The molecule has 3 heteroatoms. The molecule has 0 atom stereocenters. The molecule has 0 aromatic carbocycles. The van der Waals surface area contributed by atoms with Gasteiger partial charge in [-0.1, -0.05) is 6.08 Å². The van der Waals surface area contributed by atoms with Gasteiger partial charge in [0, 0.05) is 12.7 Å². The zero-order valence-electron chi connectivity index (χ0n) is 4.72. The van der Waals surface area contributed by atoms with Crippen molar-refractivity contribution in [3.05, 3.63) is 12.7 Å². The molecule has 2 nitrogen and oxygen atoms in total. The molecule has 0 aliphatic heterocycles. The van der Waals surface area contributed by atoms with Gasteiger partial charge in [0.15, 0.2) is 0 Å². The number of hydrogen-bond acceptors (Lipinski definition) is 3. The van der Waals surface area contributed by atoms with Gasteiger partial charge in [0.2, 0.25) is 0 Å². The van der Waals surface area contributed by atoms with Gasteiger partial charge in [-0.2, -0.15) is 0 Å². The van der Waals surface area contributed by atoms with Crippen LogP contribution >= 0.6 is 12.0 Å². The van der Waals surface area contributed by atoms with Crippen LogP contribution in [0.5, 0.6) is 0 Å². The summed E-state index contributed by atoms with van der Waals surface area (Å²) in [5.74, 6) is 0.386. The molecule has 8 heavy (non-hydrogen) atoms. The summed E-state index contributed by atoms with van der Waals surface area (Å²) in [4.78, 5) is 10.0. The second-order valence-corrected chi connectivity index (χ2v) is 1.88. The van der Waals surface area contributed by atoms with Gasteiger partial charge in [-0.05, 0) is 0 Å². The zero-order chi connectivity index (χ0) is 6.41. The minimum atomic E-state index is -0.267. The van der Waals surface area contributed by atoms with E-state index in [9.17, 15) is 4.79 Å². The molecule has 0 fully saturated rings. The van der Waals surface area contributed by atoms with Gasteiger partial charge in [0.05, 0.1) is 12.0 Å². The Kier molecular flexibility index (Phi) is 4.45. The van der Waals surface area contributed by atoms with Crippen molar-refractivity contribution in [2.75, 3.05) is 5.75 Å². The summed E-state index contributed by atoms with van der Waals surface area (Å²) < 4.78 is 4.49. The summed E-state index contributed by atoms with van der Waals surface area (Å²) in [6.07, 6.45) is 1.67. The fraction of sp³-hybridized carbons (Fsp3) is 0.400. The minimum Gasteiger partial charge on any atom is -0.391 e. The Balaban J connectivity index is 2.93. The molecule has 0 radical (unpaired) electrons. The Morgan fingerprint density at radius 3 is 3.00 bits per heavy atom. The lowest BCUT2D eigenvalue weighted by atomic mass is 10.8. The Bertz CT molecular complexity index is 90.4. The van der Waals surface area contributed by atoms with E-state index in [2.05, 4.69) is 10.8 Å². The highest BCUT2D eigenvalue weighted by atomic mass is 32.2. The highest BCUT2D eigenvalue weighted by Gasteiger charge is 1.88. The van der Waals surface area contributed by atoms with Gasteiger partial charge in [0.1, 0.15) is 0 Å². The largest absolute Gasteiger partial charge is 0.391 e. The van der Waals surface area contributed by atoms with E-state index in [1.807, 2.05) is 0 Å². The number of rotatable bonds is 3. The van der Waals surface area contributed by atoms with Crippen molar-refractivity contribution in [2.24, 2.45) is 0 Å². The third-order valence-electron chi connectivity index (χ3n) is 0.362. The molecule has 0 amide bonds. The highest BCUT2D eigenvalue weighted by Crippen LogP contribution is 2.00. The highest BCUT2D eigenvalue weighted by molar-refractivity contribution is 7.95. The van der Waals surface area contributed by atoms with Gasteiger partial charge in [0.25, 0.3) is 0 Å². The van der Waals surface area contributed by atoms with Crippen LogP contribution in [0.4, 0.5) is 0 Å². The predicted octanol–water partition coefficient (Wildman–Crippen LogP) is 1.38. The summed E-state index contributed by atoms with van der Waals surface area (Å²) in [7, 11) is 0. The maximum absolute atomic E-state index is 10.0. The van der Waals surface area contributed by atoms with E-state index in [0.717, 1.165) is 12.0 Å². The van der Waals surface area contributed by atoms with Gasteiger partial charge in [-0.25, -0.2) is 0 Å². The molecule has 0 unspecified atom stereocenters. The molecule has 0 aliphatic rings. The molecule has 0 N–H and O–H groups in total. The molecule has 0 aromatic heterocycles. The summed E-state index contributed by atoms with van der Waals surface area (Å²) in [6.45, 7) is 4.82. The van der Waals surface area contributed by atoms with Crippen LogP contribution in [0, 0.1) is 0 Å². The van der Waals surface area contributed by atoms with Crippen LogP contribution in [0.2, 0.25) is 0 Å². The quantitative estimate of drug-likeness (QED) is 0.329. The normalized spacial score (nSPS) is 8.12. The first-order chi connectivity index (χ1) is 3.77. The van der Waals surface area contributed by atoms with E-state index < -0.39 is 0 Å². The molecule has 0 bridgehead atoms. The molecule has 0 saturated heterocycles. The lowest BCUT2D eigenvalue weighted by Crippen LogP contribution is -1.88. The zero-order valence-corrected chi connectivity index (χ0v) is 5.53.